The number of ether oxygens (including phenoxy) is 1. The Balaban J connectivity index is 2.89. The number of hydrogen-bond donors (Lipinski definition) is 0. The normalized spacial score (nSPS) is 10.3. The number of esters is 1. The van der Waals surface area contributed by atoms with Crippen LogP contribution in [0.15, 0.2) is 24.3 Å². The van der Waals surface area contributed by atoms with E-state index >= 15 is 0 Å². The minimum atomic E-state index is -0.216. The van der Waals surface area contributed by atoms with Crippen molar-refractivity contribution in [3.05, 3.63) is 24.3 Å². The zero-order valence-corrected chi connectivity index (χ0v) is 12.6. The smallest absolute Gasteiger partial charge is 0.311 e. The lowest BCUT2D eigenvalue weighted by Gasteiger charge is -2.24. The summed E-state index contributed by atoms with van der Waals surface area (Å²) in [6.07, 6.45) is 1.19. The minimum Gasteiger partial charge on any atom is -0.424 e. The SMILES string of the molecule is CCCC(=O)Oc1ccccc1N(CCCl)CCCl. The van der Waals surface area contributed by atoms with Gasteiger partial charge in [-0.15, -0.1) is 23.2 Å². The lowest BCUT2D eigenvalue weighted by atomic mass is 10.2. The Morgan fingerprint density at radius 1 is 1.21 bits per heavy atom. The summed E-state index contributed by atoms with van der Waals surface area (Å²) in [5, 5.41) is 0. The van der Waals surface area contributed by atoms with E-state index in [4.69, 9.17) is 27.9 Å². The number of hydrogen-bond acceptors (Lipinski definition) is 3. The fourth-order valence-corrected chi connectivity index (χ4v) is 2.15. The predicted molar refractivity (Wildman–Crippen MR) is 80.6 cm³/mol. The van der Waals surface area contributed by atoms with Gasteiger partial charge in [0, 0.05) is 31.3 Å². The summed E-state index contributed by atoms with van der Waals surface area (Å²) < 4.78 is 5.39. The van der Waals surface area contributed by atoms with E-state index in [9.17, 15) is 4.79 Å². The van der Waals surface area contributed by atoms with Gasteiger partial charge in [0.1, 0.15) is 0 Å². The van der Waals surface area contributed by atoms with E-state index in [1.54, 1.807) is 6.07 Å². The molecule has 0 aliphatic heterocycles. The van der Waals surface area contributed by atoms with E-state index < -0.39 is 0 Å². The van der Waals surface area contributed by atoms with Gasteiger partial charge in [0.2, 0.25) is 0 Å². The van der Waals surface area contributed by atoms with Crippen molar-refractivity contribution >= 4 is 34.9 Å². The Morgan fingerprint density at radius 2 is 1.84 bits per heavy atom. The highest BCUT2D eigenvalue weighted by Gasteiger charge is 2.13. The first-order chi connectivity index (χ1) is 9.22. The monoisotopic (exact) mass is 303 g/mol. The molecule has 0 amide bonds. The Morgan fingerprint density at radius 3 is 2.42 bits per heavy atom. The molecule has 0 bridgehead atoms. The standard InChI is InChI=1S/C14H19Cl2NO2/c1-2-5-14(18)19-13-7-4-3-6-12(13)17(10-8-15)11-9-16/h3-4,6-7H,2,5,8-11H2,1H3. The average molecular weight is 304 g/mol. The van der Waals surface area contributed by atoms with Crippen molar-refractivity contribution in [3.8, 4) is 5.75 Å². The molecule has 106 valence electrons. The summed E-state index contributed by atoms with van der Waals surface area (Å²) in [7, 11) is 0. The third-order valence-corrected chi connectivity index (χ3v) is 2.93. The van der Waals surface area contributed by atoms with Gasteiger partial charge in [-0.1, -0.05) is 19.1 Å². The number of rotatable bonds is 8. The maximum Gasteiger partial charge on any atom is 0.311 e. The summed E-state index contributed by atoms with van der Waals surface area (Å²) >= 11 is 11.6. The average Bonchev–Trinajstić information content (AvgIpc) is 2.39. The van der Waals surface area contributed by atoms with E-state index in [1.807, 2.05) is 30.0 Å². The van der Waals surface area contributed by atoms with Crippen molar-refractivity contribution in [2.75, 3.05) is 29.7 Å². The summed E-state index contributed by atoms with van der Waals surface area (Å²) in [6, 6.07) is 7.45. The number of anilines is 1. The first kappa shape index (κ1) is 16.1. The number of para-hydroxylation sites is 2. The Bertz CT molecular complexity index is 393. The lowest BCUT2D eigenvalue weighted by molar-refractivity contribution is -0.134. The van der Waals surface area contributed by atoms with Gasteiger partial charge in [-0.25, -0.2) is 0 Å². The summed E-state index contributed by atoms with van der Waals surface area (Å²) in [5.41, 5.74) is 0.855. The van der Waals surface area contributed by atoms with Crippen LogP contribution in [0.5, 0.6) is 5.75 Å². The maximum absolute atomic E-state index is 11.6. The van der Waals surface area contributed by atoms with Gasteiger partial charge in [0.25, 0.3) is 0 Å². The van der Waals surface area contributed by atoms with E-state index in [1.165, 1.54) is 0 Å². The highest BCUT2D eigenvalue weighted by molar-refractivity contribution is 6.18. The van der Waals surface area contributed by atoms with Crippen molar-refractivity contribution in [1.82, 2.24) is 0 Å². The third kappa shape index (κ3) is 5.29. The van der Waals surface area contributed by atoms with Gasteiger partial charge >= 0.3 is 5.97 Å². The Kier molecular flexibility index (Phi) is 7.68. The van der Waals surface area contributed by atoms with Crippen LogP contribution in [0.4, 0.5) is 5.69 Å². The molecule has 0 spiro atoms. The zero-order chi connectivity index (χ0) is 14.1. The molecule has 3 nitrogen and oxygen atoms in total. The second-order valence-corrected chi connectivity index (χ2v) is 4.81. The van der Waals surface area contributed by atoms with Crippen LogP contribution in [0, 0.1) is 0 Å². The predicted octanol–water partition coefficient (Wildman–Crippen LogP) is 3.68. The molecule has 0 heterocycles. The van der Waals surface area contributed by atoms with Crippen molar-refractivity contribution < 1.29 is 9.53 Å². The summed E-state index contributed by atoms with van der Waals surface area (Å²) in [5.74, 6) is 1.34. The molecule has 0 fully saturated rings. The van der Waals surface area contributed by atoms with E-state index in [0.29, 0.717) is 37.0 Å². The van der Waals surface area contributed by atoms with Gasteiger partial charge in [0.05, 0.1) is 5.69 Å². The third-order valence-electron chi connectivity index (χ3n) is 2.59. The van der Waals surface area contributed by atoms with Crippen LogP contribution in [0.1, 0.15) is 19.8 Å². The number of nitrogens with zero attached hydrogens (tertiary/aromatic N) is 1. The first-order valence-electron chi connectivity index (χ1n) is 6.39. The molecule has 0 saturated heterocycles. The van der Waals surface area contributed by atoms with Crippen LogP contribution in [0.2, 0.25) is 0 Å². The zero-order valence-electron chi connectivity index (χ0n) is 11.1. The van der Waals surface area contributed by atoms with Gasteiger partial charge in [-0.3, -0.25) is 4.79 Å². The second-order valence-electron chi connectivity index (χ2n) is 4.06. The molecule has 1 aromatic carbocycles. The van der Waals surface area contributed by atoms with Gasteiger partial charge in [-0.05, 0) is 18.6 Å². The molecule has 0 aliphatic carbocycles. The minimum absolute atomic E-state index is 0.216. The van der Waals surface area contributed by atoms with Crippen LogP contribution < -0.4 is 9.64 Å². The molecule has 0 radical (unpaired) electrons. The van der Waals surface area contributed by atoms with Crippen LogP contribution in [0.3, 0.4) is 0 Å². The van der Waals surface area contributed by atoms with Crippen molar-refractivity contribution in [2.24, 2.45) is 0 Å². The second kappa shape index (κ2) is 9.05. The maximum atomic E-state index is 11.6. The van der Waals surface area contributed by atoms with Crippen molar-refractivity contribution in [2.45, 2.75) is 19.8 Å². The molecule has 1 aromatic rings. The number of alkyl halides is 2. The van der Waals surface area contributed by atoms with Crippen molar-refractivity contribution in [1.29, 1.82) is 0 Å². The van der Waals surface area contributed by atoms with Crippen LogP contribution in [-0.4, -0.2) is 30.8 Å². The van der Waals surface area contributed by atoms with E-state index in [2.05, 4.69) is 0 Å². The number of carbonyl (C=O) groups excluding carboxylic acids is 1. The number of benzene rings is 1. The van der Waals surface area contributed by atoms with Crippen molar-refractivity contribution in [3.63, 3.8) is 0 Å². The van der Waals surface area contributed by atoms with Gasteiger partial charge in [-0.2, -0.15) is 0 Å². The molecule has 0 unspecified atom stereocenters. The molecule has 0 atom stereocenters. The fourth-order valence-electron chi connectivity index (χ4n) is 1.74. The highest BCUT2D eigenvalue weighted by atomic mass is 35.5. The molecule has 0 saturated carbocycles. The Hall–Kier alpha value is -0.930. The number of halogens is 2. The first-order valence-corrected chi connectivity index (χ1v) is 7.46. The summed E-state index contributed by atoms with van der Waals surface area (Å²) in [6.45, 7) is 3.27. The molecule has 0 N–H and O–H groups in total. The van der Waals surface area contributed by atoms with Crippen LogP contribution in [-0.2, 0) is 4.79 Å². The molecule has 0 aliphatic rings. The van der Waals surface area contributed by atoms with Gasteiger partial charge in [0.15, 0.2) is 5.75 Å². The lowest BCUT2D eigenvalue weighted by Crippen LogP contribution is -2.28. The highest BCUT2D eigenvalue weighted by Crippen LogP contribution is 2.28. The fraction of sp³-hybridized carbons (Fsp3) is 0.500. The van der Waals surface area contributed by atoms with Crippen LogP contribution in [0.25, 0.3) is 0 Å². The van der Waals surface area contributed by atoms with E-state index in [0.717, 1.165) is 12.1 Å². The van der Waals surface area contributed by atoms with Crippen LogP contribution >= 0.6 is 23.2 Å². The van der Waals surface area contributed by atoms with Gasteiger partial charge < -0.3 is 9.64 Å². The molecule has 19 heavy (non-hydrogen) atoms. The molecule has 0 aromatic heterocycles. The topological polar surface area (TPSA) is 29.5 Å². The molecular weight excluding hydrogens is 285 g/mol. The quantitative estimate of drug-likeness (QED) is 0.417. The van der Waals surface area contributed by atoms with E-state index in [-0.39, 0.29) is 5.97 Å². The Labute approximate surface area is 124 Å². The number of carbonyl (C=O) groups is 1. The molecular formula is C14H19Cl2NO2. The molecule has 1 rings (SSSR count). The molecule has 5 heteroatoms. The summed E-state index contributed by atoms with van der Waals surface area (Å²) in [4.78, 5) is 13.6. The largest absolute Gasteiger partial charge is 0.424 e.